The third kappa shape index (κ3) is 3.05. The van der Waals surface area contributed by atoms with Gasteiger partial charge >= 0.3 is 0 Å². The molecule has 0 bridgehead atoms. The molecule has 0 saturated heterocycles. The third-order valence-electron chi connectivity index (χ3n) is 2.83. The van der Waals surface area contributed by atoms with E-state index in [1.54, 1.807) is 6.20 Å². The maximum atomic E-state index is 13.6. The number of hydrogen-bond donors (Lipinski definition) is 0. The van der Waals surface area contributed by atoms with Gasteiger partial charge in [-0.2, -0.15) is 4.31 Å². The van der Waals surface area contributed by atoms with Gasteiger partial charge in [0.15, 0.2) is 0 Å². The number of aromatic nitrogens is 1. The van der Waals surface area contributed by atoms with E-state index in [0.29, 0.717) is 5.01 Å². The number of halogens is 1. The number of rotatable bonds is 5. The van der Waals surface area contributed by atoms with Gasteiger partial charge in [0, 0.05) is 18.1 Å². The van der Waals surface area contributed by atoms with Gasteiger partial charge in [0.25, 0.3) is 0 Å². The minimum atomic E-state index is -3.84. The molecule has 4 nitrogen and oxygen atoms in total. The molecule has 0 fully saturated rings. The highest BCUT2D eigenvalue weighted by atomic mass is 32.2. The van der Waals surface area contributed by atoms with Crippen molar-refractivity contribution in [2.45, 2.75) is 24.8 Å². The van der Waals surface area contributed by atoms with Crippen molar-refractivity contribution < 1.29 is 12.8 Å². The highest BCUT2D eigenvalue weighted by Crippen LogP contribution is 2.21. The van der Waals surface area contributed by atoms with E-state index in [1.165, 1.54) is 36.6 Å². The molecule has 0 atom stereocenters. The van der Waals surface area contributed by atoms with Gasteiger partial charge in [-0.05, 0) is 18.6 Å². The molecule has 0 radical (unpaired) electrons. The summed E-state index contributed by atoms with van der Waals surface area (Å²) in [5.74, 6) is -0.743. The Balaban J connectivity index is 2.23. The van der Waals surface area contributed by atoms with Crippen molar-refractivity contribution >= 4 is 21.4 Å². The molecule has 0 N–H and O–H groups in total. The Labute approximate surface area is 121 Å². The molecule has 0 unspecified atom stereocenters. The Morgan fingerprint density at radius 1 is 1.35 bits per heavy atom. The van der Waals surface area contributed by atoms with E-state index in [-0.39, 0.29) is 11.4 Å². The molecule has 1 aromatic carbocycles. The van der Waals surface area contributed by atoms with E-state index in [0.717, 1.165) is 21.7 Å². The zero-order chi connectivity index (χ0) is 14.8. The van der Waals surface area contributed by atoms with E-state index in [2.05, 4.69) is 4.98 Å². The second-order valence-electron chi connectivity index (χ2n) is 4.27. The summed E-state index contributed by atoms with van der Waals surface area (Å²) in [6.45, 7) is 2.15. The Morgan fingerprint density at radius 3 is 2.65 bits per heavy atom. The van der Waals surface area contributed by atoms with E-state index < -0.39 is 15.8 Å². The SMILES string of the molecule is CCc1cnc(CN(C)S(=O)(=O)c2ccccc2F)s1. The summed E-state index contributed by atoms with van der Waals surface area (Å²) in [5.41, 5.74) is 0. The fraction of sp³-hybridized carbons (Fsp3) is 0.308. The summed E-state index contributed by atoms with van der Waals surface area (Å²) >= 11 is 1.47. The summed E-state index contributed by atoms with van der Waals surface area (Å²) in [5, 5.41) is 0.698. The van der Waals surface area contributed by atoms with Crippen molar-refractivity contribution in [2.75, 3.05) is 7.05 Å². The number of aryl methyl sites for hydroxylation is 1. The average Bonchev–Trinajstić information content (AvgIpc) is 2.86. The lowest BCUT2D eigenvalue weighted by Gasteiger charge is -2.16. The van der Waals surface area contributed by atoms with Crippen molar-refractivity contribution in [3.8, 4) is 0 Å². The van der Waals surface area contributed by atoms with Gasteiger partial charge < -0.3 is 0 Å². The van der Waals surface area contributed by atoms with E-state index in [1.807, 2.05) is 6.92 Å². The molecular weight excluding hydrogens is 299 g/mol. The molecule has 1 aromatic heterocycles. The van der Waals surface area contributed by atoms with Crippen molar-refractivity contribution in [3.05, 3.63) is 46.2 Å². The smallest absolute Gasteiger partial charge is 0.246 e. The Morgan fingerprint density at radius 2 is 2.05 bits per heavy atom. The molecule has 0 aliphatic carbocycles. The highest BCUT2D eigenvalue weighted by molar-refractivity contribution is 7.89. The summed E-state index contributed by atoms with van der Waals surface area (Å²) in [4.78, 5) is 4.96. The summed E-state index contributed by atoms with van der Waals surface area (Å²) in [7, 11) is -2.41. The lowest BCUT2D eigenvalue weighted by molar-refractivity contribution is 0.459. The molecule has 0 aliphatic rings. The molecule has 2 aromatic rings. The molecule has 2 rings (SSSR count). The van der Waals surface area contributed by atoms with E-state index >= 15 is 0 Å². The maximum Gasteiger partial charge on any atom is 0.246 e. The van der Waals surface area contributed by atoms with E-state index in [4.69, 9.17) is 0 Å². The van der Waals surface area contributed by atoms with Crippen LogP contribution in [0.4, 0.5) is 4.39 Å². The first-order valence-corrected chi connectivity index (χ1v) is 8.35. The molecule has 108 valence electrons. The van der Waals surface area contributed by atoms with Crippen LogP contribution in [-0.2, 0) is 23.0 Å². The van der Waals surface area contributed by atoms with Crippen molar-refractivity contribution in [3.63, 3.8) is 0 Å². The third-order valence-corrected chi connectivity index (χ3v) is 5.80. The first kappa shape index (κ1) is 15.1. The Kier molecular flexibility index (Phi) is 4.52. The molecular formula is C13H15FN2O2S2. The van der Waals surface area contributed by atoms with Crippen LogP contribution in [-0.4, -0.2) is 24.8 Å². The zero-order valence-electron chi connectivity index (χ0n) is 11.2. The molecule has 0 aliphatic heterocycles. The number of sulfonamides is 1. The molecule has 1 heterocycles. The van der Waals surface area contributed by atoms with Gasteiger partial charge in [0.05, 0.1) is 6.54 Å². The second kappa shape index (κ2) is 5.99. The first-order valence-electron chi connectivity index (χ1n) is 6.09. The van der Waals surface area contributed by atoms with Crippen molar-refractivity contribution in [1.82, 2.24) is 9.29 Å². The summed E-state index contributed by atoms with van der Waals surface area (Å²) < 4.78 is 39.3. The molecule has 20 heavy (non-hydrogen) atoms. The summed E-state index contributed by atoms with van der Waals surface area (Å²) in [6.07, 6.45) is 2.60. The fourth-order valence-electron chi connectivity index (χ4n) is 1.68. The second-order valence-corrected chi connectivity index (χ2v) is 7.48. The first-order chi connectivity index (χ1) is 9.45. The minimum absolute atomic E-state index is 0.140. The maximum absolute atomic E-state index is 13.6. The van der Waals surface area contributed by atoms with Crippen LogP contribution in [0.5, 0.6) is 0 Å². The number of nitrogens with zero attached hydrogens (tertiary/aromatic N) is 2. The highest BCUT2D eigenvalue weighted by Gasteiger charge is 2.24. The largest absolute Gasteiger partial charge is 0.248 e. The lowest BCUT2D eigenvalue weighted by Crippen LogP contribution is -2.27. The number of thiazole rings is 1. The van der Waals surface area contributed by atoms with Crippen molar-refractivity contribution in [2.24, 2.45) is 0 Å². The van der Waals surface area contributed by atoms with Gasteiger partial charge in [0.1, 0.15) is 15.7 Å². The fourth-order valence-corrected chi connectivity index (χ4v) is 3.87. The predicted octanol–water partition coefficient (Wildman–Crippen LogP) is 2.67. The van der Waals surface area contributed by atoms with Crippen LogP contribution in [0, 0.1) is 5.82 Å². The summed E-state index contributed by atoms with van der Waals surface area (Å²) in [6, 6.07) is 5.37. The van der Waals surface area contributed by atoms with Crippen molar-refractivity contribution in [1.29, 1.82) is 0 Å². The molecule has 7 heteroatoms. The van der Waals surface area contributed by atoms with E-state index in [9.17, 15) is 12.8 Å². The standard InChI is InChI=1S/C13H15FN2O2S2/c1-3-10-8-15-13(19-10)9-16(2)20(17,18)12-7-5-4-6-11(12)14/h4-8H,3,9H2,1-2H3. The van der Waals surface area contributed by atoms with Gasteiger partial charge in [0.2, 0.25) is 10.0 Å². The Bertz CT molecular complexity index is 698. The Hall–Kier alpha value is -1.31. The molecule has 0 spiro atoms. The minimum Gasteiger partial charge on any atom is -0.248 e. The van der Waals surface area contributed by atoms with Gasteiger partial charge in [-0.3, -0.25) is 0 Å². The van der Waals surface area contributed by atoms with Crippen LogP contribution >= 0.6 is 11.3 Å². The normalized spacial score (nSPS) is 12.0. The average molecular weight is 314 g/mol. The van der Waals surface area contributed by atoms with Gasteiger partial charge in [-0.15, -0.1) is 11.3 Å². The van der Waals surface area contributed by atoms with Crippen LogP contribution < -0.4 is 0 Å². The molecule has 0 saturated carbocycles. The van der Waals surface area contributed by atoms with Crippen LogP contribution in [0.25, 0.3) is 0 Å². The van der Waals surface area contributed by atoms with Gasteiger partial charge in [-0.1, -0.05) is 19.1 Å². The lowest BCUT2D eigenvalue weighted by atomic mass is 10.4. The quantitative estimate of drug-likeness (QED) is 0.852. The molecule has 0 amide bonds. The van der Waals surface area contributed by atoms with Gasteiger partial charge in [-0.25, -0.2) is 17.8 Å². The predicted molar refractivity (Wildman–Crippen MR) is 76.5 cm³/mol. The number of hydrogen-bond acceptors (Lipinski definition) is 4. The van der Waals surface area contributed by atoms with Crippen LogP contribution in [0.2, 0.25) is 0 Å². The topological polar surface area (TPSA) is 50.3 Å². The monoisotopic (exact) mass is 314 g/mol. The number of benzene rings is 1. The van der Waals surface area contributed by atoms with Crippen LogP contribution in [0.3, 0.4) is 0 Å². The van der Waals surface area contributed by atoms with Crippen LogP contribution in [0.1, 0.15) is 16.8 Å². The zero-order valence-corrected chi connectivity index (χ0v) is 12.8. The van der Waals surface area contributed by atoms with Crippen LogP contribution in [0.15, 0.2) is 35.4 Å².